The van der Waals surface area contributed by atoms with Gasteiger partial charge in [-0.3, -0.25) is 0 Å². The molecule has 0 radical (unpaired) electrons. The number of hydrogen-bond acceptors (Lipinski definition) is 2. The highest BCUT2D eigenvalue weighted by Gasteiger charge is 2.12. The van der Waals surface area contributed by atoms with Crippen LogP contribution in [0, 0.1) is 5.41 Å². The van der Waals surface area contributed by atoms with Gasteiger partial charge in [-0.15, -0.1) is 0 Å². The van der Waals surface area contributed by atoms with E-state index in [0.29, 0.717) is 17.9 Å². The highest BCUT2D eigenvalue weighted by Crippen LogP contribution is 2.19. The van der Waals surface area contributed by atoms with Crippen LogP contribution in [-0.4, -0.2) is 22.9 Å². The molecule has 0 spiro atoms. The Kier molecular flexibility index (Phi) is 5.89. The van der Waals surface area contributed by atoms with Crippen LogP contribution in [0.25, 0.3) is 0 Å². The Hall–Kier alpha value is -0.643. The van der Waals surface area contributed by atoms with Gasteiger partial charge in [0.15, 0.2) is 9.76 Å². The van der Waals surface area contributed by atoms with E-state index in [4.69, 9.17) is 10.2 Å². The Morgan fingerprint density at radius 2 is 1.88 bits per heavy atom. The predicted octanol–water partition coefficient (Wildman–Crippen LogP) is 2.29. The van der Waals surface area contributed by atoms with Crippen molar-refractivity contribution in [1.82, 2.24) is 0 Å². The van der Waals surface area contributed by atoms with Crippen LogP contribution >= 0.6 is 0 Å². The summed E-state index contributed by atoms with van der Waals surface area (Å²) in [4.78, 5) is 0. The molecule has 0 aliphatic rings. The maximum absolute atomic E-state index is 5.88. The lowest BCUT2D eigenvalue weighted by Gasteiger charge is -2.19. The summed E-state index contributed by atoms with van der Waals surface area (Å²) in [6.45, 7) is 8.24. The molecule has 0 aromatic heterocycles. The van der Waals surface area contributed by atoms with Gasteiger partial charge in [-0.1, -0.05) is 51.1 Å². The van der Waals surface area contributed by atoms with Gasteiger partial charge >= 0.3 is 0 Å². The quantitative estimate of drug-likeness (QED) is 0.622. The van der Waals surface area contributed by atoms with Gasteiger partial charge in [0.05, 0.1) is 0 Å². The number of nitrogens with two attached hydrogens (primary N) is 1. The third kappa shape index (κ3) is 6.01. The molecule has 1 unspecified atom stereocenters. The third-order valence-corrected chi connectivity index (χ3v) is 5.10. The van der Waals surface area contributed by atoms with Crippen LogP contribution < -0.4 is 5.73 Å². The zero-order valence-corrected chi connectivity index (χ0v) is 12.7. The van der Waals surface area contributed by atoms with Gasteiger partial charge in [0.2, 0.25) is 0 Å². The molecule has 1 aromatic carbocycles. The zero-order chi connectivity index (χ0) is 12.7. The summed E-state index contributed by atoms with van der Waals surface area (Å²) in [7, 11) is -0.405. The van der Waals surface area contributed by atoms with E-state index in [1.54, 1.807) is 0 Å². The van der Waals surface area contributed by atoms with Crippen molar-refractivity contribution < 1.29 is 4.43 Å². The van der Waals surface area contributed by atoms with Crippen LogP contribution in [0.1, 0.15) is 32.3 Å². The summed E-state index contributed by atoms with van der Waals surface area (Å²) in [6, 6.07) is 11.6. The van der Waals surface area contributed by atoms with E-state index < -0.39 is 9.76 Å². The standard InChI is InChI=1S/C14H25NOSi/c1-14(2,3)11-17-16-10-13(9-15)12-7-5-4-6-8-12/h4-8,13H,9-11,15,17H2,1-3H3. The van der Waals surface area contributed by atoms with Gasteiger partial charge in [0, 0.05) is 19.1 Å². The minimum atomic E-state index is -0.405. The highest BCUT2D eigenvalue weighted by atomic mass is 28.2. The molecule has 0 saturated carbocycles. The van der Waals surface area contributed by atoms with Gasteiger partial charge in [-0.2, -0.15) is 0 Å². The topological polar surface area (TPSA) is 35.2 Å². The largest absolute Gasteiger partial charge is 0.423 e. The molecule has 0 bridgehead atoms. The van der Waals surface area contributed by atoms with Gasteiger partial charge in [-0.25, -0.2) is 0 Å². The summed E-state index contributed by atoms with van der Waals surface area (Å²) in [6.07, 6.45) is 0. The van der Waals surface area contributed by atoms with E-state index in [0.717, 1.165) is 6.61 Å². The summed E-state index contributed by atoms with van der Waals surface area (Å²) in [5.41, 5.74) is 7.50. The average molecular weight is 251 g/mol. The maximum atomic E-state index is 5.88. The van der Waals surface area contributed by atoms with Crippen molar-refractivity contribution in [3.8, 4) is 0 Å². The molecular formula is C14H25NOSi. The van der Waals surface area contributed by atoms with Crippen LogP contribution in [-0.2, 0) is 4.43 Å². The van der Waals surface area contributed by atoms with Crippen LogP contribution in [0.4, 0.5) is 0 Å². The second-order valence-corrected chi connectivity index (χ2v) is 7.05. The molecule has 1 aromatic rings. The molecule has 17 heavy (non-hydrogen) atoms. The first-order chi connectivity index (χ1) is 8.03. The van der Waals surface area contributed by atoms with Crippen molar-refractivity contribution in [2.45, 2.75) is 32.7 Å². The Morgan fingerprint density at radius 3 is 2.41 bits per heavy atom. The first kappa shape index (κ1) is 14.4. The summed E-state index contributed by atoms with van der Waals surface area (Å²) in [5, 5.41) is 0. The van der Waals surface area contributed by atoms with Gasteiger partial charge in [0.1, 0.15) is 0 Å². The van der Waals surface area contributed by atoms with E-state index in [2.05, 4.69) is 45.0 Å². The van der Waals surface area contributed by atoms with Crippen LogP contribution in [0.2, 0.25) is 6.04 Å². The second kappa shape index (κ2) is 6.94. The Balaban J connectivity index is 2.34. The van der Waals surface area contributed by atoms with E-state index in [1.807, 2.05) is 6.07 Å². The molecule has 0 fully saturated rings. The van der Waals surface area contributed by atoms with Crippen LogP contribution in [0.3, 0.4) is 0 Å². The third-order valence-electron chi connectivity index (χ3n) is 2.87. The van der Waals surface area contributed by atoms with Crippen molar-refractivity contribution in [3.63, 3.8) is 0 Å². The lowest BCUT2D eigenvalue weighted by Crippen LogP contribution is -2.20. The van der Waals surface area contributed by atoms with Crippen molar-refractivity contribution in [2.75, 3.05) is 13.2 Å². The SMILES string of the molecule is CC(C)(C)C[SiH2]OCC(CN)c1ccccc1. The number of benzene rings is 1. The lowest BCUT2D eigenvalue weighted by atomic mass is 10.0. The predicted molar refractivity (Wildman–Crippen MR) is 77.0 cm³/mol. The number of hydrogen-bond donors (Lipinski definition) is 1. The minimum absolute atomic E-state index is 0.351. The van der Waals surface area contributed by atoms with Crippen molar-refractivity contribution in [1.29, 1.82) is 0 Å². The summed E-state index contributed by atoms with van der Waals surface area (Å²) in [5.74, 6) is 0.351. The molecule has 2 N–H and O–H groups in total. The minimum Gasteiger partial charge on any atom is -0.423 e. The molecule has 0 aliphatic carbocycles. The molecular weight excluding hydrogens is 226 g/mol. The van der Waals surface area contributed by atoms with Crippen LogP contribution in [0.5, 0.6) is 0 Å². The van der Waals surface area contributed by atoms with E-state index in [1.165, 1.54) is 11.6 Å². The molecule has 0 aliphatic heterocycles. The molecule has 3 heteroatoms. The van der Waals surface area contributed by atoms with E-state index in [-0.39, 0.29) is 0 Å². The van der Waals surface area contributed by atoms with E-state index in [9.17, 15) is 0 Å². The van der Waals surface area contributed by atoms with Gasteiger partial charge < -0.3 is 10.2 Å². The normalized spacial score (nSPS) is 14.4. The Morgan fingerprint density at radius 1 is 1.24 bits per heavy atom. The molecule has 1 rings (SSSR count). The summed E-state index contributed by atoms with van der Waals surface area (Å²) < 4.78 is 5.88. The second-order valence-electron chi connectivity index (χ2n) is 5.73. The average Bonchev–Trinajstić information content (AvgIpc) is 2.29. The monoisotopic (exact) mass is 251 g/mol. The fourth-order valence-electron chi connectivity index (χ4n) is 1.63. The fraction of sp³-hybridized carbons (Fsp3) is 0.571. The molecule has 0 amide bonds. The van der Waals surface area contributed by atoms with Crippen molar-refractivity contribution >= 4 is 9.76 Å². The lowest BCUT2D eigenvalue weighted by molar-refractivity contribution is 0.295. The van der Waals surface area contributed by atoms with Crippen LogP contribution in [0.15, 0.2) is 30.3 Å². The molecule has 96 valence electrons. The molecule has 0 heterocycles. The first-order valence-electron chi connectivity index (χ1n) is 6.36. The first-order valence-corrected chi connectivity index (χ1v) is 7.93. The van der Waals surface area contributed by atoms with Crippen molar-refractivity contribution in [2.24, 2.45) is 11.1 Å². The maximum Gasteiger partial charge on any atom is 0.162 e. The van der Waals surface area contributed by atoms with E-state index >= 15 is 0 Å². The highest BCUT2D eigenvalue weighted by molar-refractivity contribution is 6.27. The molecule has 1 atom stereocenters. The van der Waals surface area contributed by atoms with Gasteiger partial charge in [-0.05, 0) is 17.0 Å². The molecule has 2 nitrogen and oxygen atoms in total. The van der Waals surface area contributed by atoms with Gasteiger partial charge in [0.25, 0.3) is 0 Å². The Labute approximate surface area is 108 Å². The fourth-order valence-corrected chi connectivity index (χ4v) is 2.84. The Bertz CT molecular complexity index is 308. The zero-order valence-electron chi connectivity index (χ0n) is 11.3. The number of rotatable bonds is 6. The smallest absolute Gasteiger partial charge is 0.162 e. The van der Waals surface area contributed by atoms with Crippen molar-refractivity contribution in [3.05, 3.63) is 35.9 Å². The molecule has 0 saturated heterocycles. The summed E-state index contributed by atoms with van der Waals surface area (Å²) >= 11 is 0.